The number of nitrogens with one attached hydrogen (secondary N) is 1. The highest BCUT2D eigenvalue weighted by Gasteiger charge is 2.06. The van der Waals surface area contributed by atoms with Crippen LogP contribution in [0.2, 0.25) is 0 Å². The molecule has 1 heterocycles. The molecule has 0 fully saturated rings. The van der Waals surface area contributed by atoms with E-state index in [0.29, 0.717) is 12.4 Å². The van der Waals surface area contributed by atoms with Crippen LogP contribution in [0.1, 0.15) is 23.7 Å². The summed E-state index contributed by atoms with van der Waals surface area (Å²) in [5.74, 6) is 1.29. The SMILES string of the molecule is CCNCc1cncc(Oc2cc(C)c(Br)c(C)c2)n1. The van der Waals surface area contributed by atoms with Gasteiger partial charge in [0, 0.05) is 17.2 Å². The molecule has 2 aromatic rings. The molecular weight excluding hydrogens is 318 g/mol. The van der Waals surface area contributed by atoms with Crippen molar-refractivity contribution < 1.29 is 4.74 Å². The highest BCUT2D eigenvalue weighted by Crippen LogP contribution is 2.28. The highest BCUT2D eigenvalue weighted by atomic mass is 79.9. The first kappa shape index (κ1) is 14.9. The fourth-order valence-corrected chi connectivity index (χ4v) is 2.09. The molecule has 2 rings (SSSR count). The molecule has 0 atom stereocenters. The quantitative estimate of drug-likeness (QED) is 0.903. The number of rotatable bonds is 5. The Morgan fingerprint density at radius 1 is 1.20 bits per heavy atom. The van der Waals surface area contributed by atoms with Crippen LogP contribution in [0.3, 0.4) is 0 Å². The summed E-state index contributed by atoms with van der Waals surface area (Å²) in [7, 11) is 0. The normalized spacial score (nSPS) is 10.6. The smallest absolute Gasteiger partial charge is 0.238 e. The summed E-state index contributed by atoms with van der Waals surface area (Å²) in [5.41, 5.74) is 3.14. The largest absolute Gasteiger partial charge is 0.437 e. The van der Waals surface area contributed by atoms with Crippen molar-refractivity contribution in [1.82, 2.24) is 15.3 Å². The van der Waals surface area contributed by atoms with Gasteiger partial charge in [0.25, 0.3) is 0 Å². The average Bonchev–Trinajstić information content (AvgIpc) is 2.43. The molecule has 0 aliphatic carbocycles. The van der Waals surface area contributed by atoms with Gasteiger partial charge in [0.1, 0.15) is 5.75 Å². The molecule has 5 heteroatoms. The Morgan fingerprint density at radius 2 is 1.90 bits per heavy atom. The number of ether oxygens (including phenoxy) is 1. The molecular formula is C15H18BrN3O. The van der Waals surface area contributed by atoms with Crippen molar-refractivity contribution in [2.24, 2.45) is 0 Å². The number of hydrogen-bond donors (Lipinski definition) is 1. The monoisotopic (exact) mass is 335 g/mol. The van der Waals surface area contributed by atoms with E-state index in [1.54, 1.807) is 12.4 Å². The van der Waals surface area contributed by atoms with Crippen LogP contribution in [0, 0.1) is 13.8 Å². The lowest BCUT2D eigenvalue weighted by molar-refractivity contribution is 0.455. The van der Waals surface area contributed by atoms with Crippen LogP contribution in [-0.2, 0) is 6.54 Å². The van der Waals surface area contributed by atoms with E-state index in [1.807, 2.05) is 26.0 Å². The molecule has 1 N–H and O–H groups in total. The predicted octanol–water partition coefficient (Wildman–Crippen LogP) is 3.76. The van der Waals surface area contributed by atoms with Gasteiger partial charge in [-0.2, -0.15) is 0 Å². The molecule has 0 saturated heterocycles. The van der Waals surface area contributed by atoms with E-state index >= 15 is 0 Å². The molecule has 0 unspecified atom stereocenters. The van der Waals surface area contributed by atoms with Crippen LogP contribution in [0.5, 0.6) is 11.6 Å². The molecule has 20 heavy (non-hydrogen) atoms. The molecule has 0 aliphatic heterocycles. The van der Waals surface area contributed by atoms with Crippen molar-refractivity contribution in [2.75, 3.05) is 6.54 Å². The summed E-state index contributed by atoms with van der Waals surface area (Å²) < 4.78 is 6.90. The zero-order valence-electron chi connectivity index (χ0n) is 11.9. The zero-order valence-corrected chi connectivity index (χ0v) is 13.5. The summed E-state index contributed by atoms with van der Waals surface area (Å²) in [6.45, 7) is 7.73. The first-order valence-corrected chi connectivity index (χ1v) is 7.35. The third kappa shape index (κ3) is 3.77. The second-order valence-corrected chi connectivity index (χ2v) is 5.40. The third-order valence-electron chi connectivity index (χ3n) is 2.85. The number of hydrogen-bond acceptors (Lipinski definition) is 4. The third-order valence-corrected chi connectivity index (χ3v) is 4.10. The summed E-state index contributed by atoms with van der Waals surface area (Å²) in [4.78, 5) is 8.59. The molecule has 1 aromatic carbocycles. The first-order valence-electron chi connectivity index (χ1n) is 6.56. The van der Waals surface area contributed by atoms with Gasteiger partial charge in [-0.3, -0.25) is 4.98 Å². The van der Waals surface area contributed by atoms with Crippen molar-refractivity contribution in [3.05, 3.63) is 45.8 Å². The standard InChI is InChI=1S/C15H18BrN3O/c1-4-17-7-12-8-18-9-14(19-12)20-13-5-10(2)15(16)11(3)6-13/h5-6,8-9,17H,4,7H2,1-3H3. The molecule has 106 valence electrons. The van der Waals surface area contributed by atoms with Crippen molar-refractivity contribution in [2.45, 2.75) is 27.3 Å². The van der Waals surface area contributed by atoms with Crippen LogP contribution < -0.4 is 10.1 Å². The number of halogens is 1. The fourth-order valence-electron chi connectivity index (χ4n) is 1.86. The Bertz CT molecular complexity index is 578. The molecule has 4 nitrogen and oxygen atoms in total. The second-order valence-electron chi connectivity index (χ2n) is 4.60. The van der Waals surface area contributed by atoms with E-state index in [-0.39, 0.29) is 0 Å². The van der Waals surface area contributed by atoms with E-state index in [2.05, 4.69) is 38.1 Å². The van der Waals surface area contributed by atoms with Crippen LogP contribution in [0.4, 0.5) is 0 Å². The lowest BCUT2D eigenvalue weighted by Crippen LogP contribution is -2.13. The number of nitrogens with zero attached hydrogens (tertiary/aromatic N) is 2. The lowest BCUT2D eigenvalue weighted by Gasteiger charge is -2.09. The molecule has 0 saturated carbocycles. The van der Waals surface area contributed by atoms with E-state index in [1.165, 1.54) is 0 Å². The number of benzene rings is 1. The van der Waals surface area contributed by atoms with E-state index < -0.39 is 0 Å². The van der Waals surface area contributed by atoms with Gasteiger partial charge in [0.05, 0.1) is 11.9 Å². The van der Waals surface area contributed by atoms with Gasteiger partial charge in [0.15, 0.2) is 0 Å². The maximum absolute atomic E-state index is 5.79. The highest BCUT2D eigenvalue weighted by molar-refractivity contribution is 9.10. The van der Waals surface area contributed by atoms with Gasteiger partial charge in [-0.05, 0) is 43.7 Å². The van der Waals surface area contributed by atoms with E-state index in [4.69, 9.17) is 4.74 Å². The maximum atomic E-state index is 5.79. The van der Waals surface area contributed by atoms with Crippen LogP contribution in [-0.4, -0.2) is 16.5 Å². The van der Waals surface area contributed by atoms with Crippen molar-refractivity contribution >= 4 is 15.9 Å². The number of aryl methyl sites for hydroxylation is 2. The maximum Gasteiger partial charge on any atom is 0.238 e. The molecule has 0 bridgehead atoms. The summed E-state index contributed by atoms with van der Waals surface area (Å²) in [6.07, 6.45) is 3.37. The van der Waals surface area contributed by atoms with Gasteiger partial charge in [-0.1, -0.05) is 22.9 Å². The van der Waals surface area contributed by atoms with Crippen LogP contribution in [0.25, 0.3) is 0 Å². The minimum absolute atomic E-state index is 0.515. The van der Waals surface area contributed by atoms with E-state index in [0.717, 1.165) is 33.6 Å². The Hall–Kier alpha value is -1.46. The summed E-state index contributed by atoms with van der Waals surface area (Å²) >= 11 is 3.55. The van der Waals surface area contributed by atoms with Gasteiger partial charge in [0.2, 0.25) is 5.88 Å². The second kappa shape index (κ2) is 6.81. The van der Waals surface area contributed by atoms with Crippen molar-refractivity contribution in [1.29, 1.82) is 0 Å². The van der Waals surface area contributed by atoms with Crippen molar-refractivity contribution in [3.8, 4) is 11.6 Å². The fraction of sp³-hybridized carbons (Fsp3) is 0.333. The summed E-state index contributed by atoms with van der Waals surface area (Å²) in [6, 6.07) is 3.96. The Morgan fingerprint density at radius 3 is 2.55 bits per heavy atom. The zero-order chi connectivity index (χ0) is 14.5. The molecule has 1 aromatic heterocycles. The Kier molecular flexibility index (Phi) is 5.09. The molecule has 0 radical (unpaired) electrons. The van der Waals surface area contributed by atoms with Gasteiger partial charge in [-0.15, -0.1) is 0 Å². The molecule has 0 spiro atoms. The van der Waals surface area contributed by atoms with E-state index in [9.17, 15) is 0 Å². The van der Waals surface area contributed by atoms with Crippen molar-refractivity contribution in [3.63, 3.8) is 0 Å². The Balaban J connectivity index is 2.17. The topological polar surface area (TPSA) is 47.0 Å². The minimum Gasteiger partial charge on any atom is -0.437 e. The van der Waals surface area contributed by atoms with Gasteiger partial charge >= 0.3 is 0 Å². The number of aromatic nitrogens is 2. The summed E-state index contributed by atoms with van der Waals surface area (Å²) in [5, 5.41) is 3.22. The Labute approximate surface area is 127 Å². The molecule has 0 amide bonds. The predicted molar refractivity (Wildman–Crippen MR) is 83.1 cm³/mol. The minimum atomic E-state index is 0.515. The molecule has 0 aliphatic rings. The average molecular weight is 336 g/mol. The van der Waals surface area contributed by atoms with Gasteiger partial charge < -0.3 is 10.1 Å². The van der Waals surface area contributed by atoms with Gasteiger partial charge in [-0.25, -0.2) is 4.98 Å². The van der Waals surface area contributed by atoms with Crippen LogP contribution >= 0.6 is 15.9 Å². The first-order chi connectivity index (χ1) is 9.60. The van der Waals surface area contributed by atoms with Crippen LogP contribution in [0.15, 0.2) is 29.0 Å². The lowest BCUT2D eigenvalue weighted by atomic mass is 10.1.